The molecule has 0 unspecified atom stereocenters. The maximum atomic E-state index is 13.0. The SMILES string of the molecule is COc1ccc(N=c2oc3ccc(Cl)cc3cc2C(=O)Nc2nccs2)c(OC)c1. The van der Waals surface area contributed by atoms with Gasteiger partial charge in [-0.15, -0.1) is 11.3 Å². The van der Waals surface area contributed by atoms with Gasteiger partial charge in [-0.1, -0.05) is 11.6 Å². The number of ether oxygens (including phenoxy) is 2. The molecule has 4 aromatic rings. The number of methoxy groups -OCH3 is 2. The van der Waals surface area contributed by atoms with Gasteiger partial charge < -0.3 is 13.9 Å². The van der Waals surface area contributed by atoms with Crippen LogP contribution in [0.25, 0.3) is 11.0 Å². The minimum absolute atomic E-state index is 0.127. The average Bonchev–Trinajstić information content (AvgIpc) is 3.26. The quantitative estimate of drug-likeness (QED) is 0.468. The Hall–Kier alpha value is -3.36. The highest BCUT2D eigenvalue weighted by Crippen LogP contribution is 2.31. The van der Waals surface area contributed by atoms with Crippen molar-refractivity contribution in [2.45, 2.75) is 0 Å². The number of nitrogens with one attached hydrogen (secondary N) is 1. The van der Waals surface area contributed by atoms with Gasteiger partial charge in [0.2, 0.25) is 5.55 Å². The molecule has 0 saturated carbocycles. The number of fused-ring (bicyclic) bond motifs is 1. The van der Waals surface area contributed by atoms with E-state index < -0.39 is 5.91 Å². The van der Waals surface area contributed by atoms with Gasteiger partial charge in [0, 0.05) is 28.1 Å². The first kappa shape index (κ1) is 19.9. The standard InChI is InChI=1S/C21H16ClN3O4S/c1-27-14-4-5-16(18(11-14)28-2)24-20-15(19(26)25-21-23-7-8-30-21)10-12-9-13(22)3-6-17(12)29-20/h3-11H,1-2H3,(H,23,25,26). The van der Waals surface area contributed by atoms with Crippen molar-refractivity contribution in [1.82, 2.24) is 4.98 Å². The van der Waals surface area contributed by atoms with Crippen molar-refractivity contribution in [1.29, 1.82) is 0 Å². The summed E-state index contributed by atoms with van der Waals surface area (Å²) >= 11 is 7.41. The third-order valence-electron chi connectivity index (χ3n) is 4.22. The van der Waals surface area contributed by atoms with Gasteiger partial charge in [-0.3, -0.25) is 10.1 Å². The number of benzene rings is 2. The van der Waals surface area contributed by atoms with Gasteiger partial charge in [-0.25, -0.2) is 9.98 Å². The maximum absolute atomic E-state index is 13.0. The smallest absolute Gasteiger partial charge is 0.262 e. The molecule has 0 radical (unpaired) electrons. The molecule has 1 amide bonds. The maximum Gasteiger partial charge on any atom is 0.262 e. The molecule has 0 atom stereocenters. The predicted octanol–water partition coefficient (Wildman–Crippen LogP) is 5.04. The summed E-state index contributed by atoms with van der Waals surface area (Å²) in [5.74, 6) is 0.700. The molecule has 0 spiro atoms. The first-order valence-corrected chi connectivity index (χ1v) is 10.0. The summed E-state index contributed by atoms with van der Waals surface area (Å²) in [6.07, 6.45) is 1.61. The Morgan fingerprint density at radius 1 is 1.17 bits per heavy atom. The number of hydrogen-bond acceptors (Lipinski definition) is 7. The molecule has 0 aliphatic rings. The van der Waals surface area contributed by atoms with Gasteiger partial charge in [-0.05, 0) is 36.4 Å². The van der Waals surface area contributed by atoms with E-state index in [9.17, 15) is 4.79 Å². The van der Waals surface area contributed by atoms with Crippen LogP contribution >= 0.6 is 22.9 Å². The molecule has 0 bridgehead atoms. The van der Waals surface area contributed by atoms with E-state index in [-0.39, 0.29) is 11.1 Å². The van der Waals surface area contributed by atoms with Crippen LogP contribution in [-0.4, -0.2) is 25.1 Å². The second kappa shape index (κ2) is 8.56. The van der Waals surface area contributed by atoms with Crippen LogP contribution < -0.4 is 20.3 Å². The zero-order chi connectivity index (χ0) is 21.1. The van der Waals surface area contributed by atoms with Gasteiger partial charge in [0.05, 0.1) is 14.2 Å². The van der Waals surface area contributed by atoms with E-state index in [2.05, 4.69) is 15.3 Å². The van der Waals surface area contributed by atoms with Crippen LogP contribution in [0.15, 0.2) is 63.5 Å². The number of aromatic nitrogens is 1. The van der Waals surface area contributed by atoms with E-state index in [1.165, 1.54) is 18.4 Å². The molecular formula is C21H16ClN3O4S. The summed E-state index contributed by atoms with van der Waals surface area (Å²) < 4.78 is 16.6. The molecular weight excluding hydrogens is 426 g/mol. The summed E-state index contributed by atoms with van der Waals surface area (Å²) in [7, 11) is 3.10. The lowest BCUT2D eigenvalue weighted by atomic mass is 10.1. The van der Waals surface area contributed by atoms with Crippen molar-refractivity contribution < 1.29 is 18.7 Å². The fraction of sp³-hybridized carbons (Fsp3) is 0.0952. The summed E-state index contributed by atoms with van der Waals surface area (Å²) in [4.78, 5) is 21.6. The second-order valence-electron chi connectivity index (χ2n) is 6.09. The highest BCUT2D eigenvalue weighted by Gasteiger charge is 2.15. The molecule has 7 nitrogen and oxygen atoms in total. The van der Waals surface area contributed by atoms with Crippen LogP contribution in [0.1, 0.15) is 10.4 Å². The third kappa shape index (κ3) is 4.14. The lowest BCUT2D eigenvalue weighted by molar-refractivity contribution is 0.102. The molecule has 2 aromatic heterocycles. The largest absolute Gasteiger partial charge is 0.497 e. The van der Waals surface area contributed by atoms with Gasteiger partial charge in [0.1, 0.15) is 28.3 Å². The Balaban J connectivity index is 1.90. The van der Waals surface area contributed by atoms with Crippen LogP contribution in [0.2, 0.25) is 5.02 Å². The van der Waals surface area contributed by atoms with Crippen molar-refractivity contribution >= 4 is 50.6 Å². The molecule has 2 aromatic carbocycles. The number of nitrogens with zero attached hydrogens (tertiary/aromatic N) is 2. The normalized spacial score (nSPS) is 11.5. The number of anilines is 1. The topological polar surface area (TPSA) is 86.0 Å². The van der Waals surface area contributed by atoms with E-state index in [0.29, 0.717) is 38.3 Å². The summed E-state index contributed by atoms with van der Waals surface area (Å²) in [6.45, 7) is 0. The molecule has 4 rings (SSSR count). The fourth-order valence-electron chi connectivity index (χ4n) is 2.78. The molecule has 152 valence electrons. The van der Waals surface area contributed by atoms with Gasteiger partial charge in [0.15, 0.2) is 5.13 Å². The van der Waals surface area contributed by atoms with Gasteiger partial charge >= 0.3 is 0 Å². The molecule has 9 heteroatoms. The molecule has 0 fully saturated rings. The Kier molecular flexibility index (Phi) is 5.69. The zero-order valence-electron chi connectivity index (χ0n) is 16.0. The number of carbonyl (C=O) groups is 1. The van der Waals surface area contributed by atoms with E-state index in [4.69, 9.17) is 25.5 Å². The minimum atomic E-state index is -0.401. The van der Waals surface area contributed by atoms with Crippen LogP contribution in [0, 0.1) is 0 Å². The monoisotopic (exact) mass is 441 g/mol. The summed E-state index contributed by atoms with van der Waals surface area (Å²) in [5, 5.41) is 6.20. The first-order valence-electron chi connectivity index (χ1n) is 8.78. The summed E-state index contributed by atoms with van der Waals surface area (Å²) in [6, 6.07) is 12.0. The summed E-state index contributed by atoms with van der Waals surface area (Å²) in [5.41, 5.74) is 1.38. The van der Waals surface area contributed by atoms with E-state index in [1.54, 1.807) is 61.2 Å². The predicted molar refractivity (Wildman–Crippen MR) is 116 cm³/mol. The van der Waals surface area contributed by atoms with E-state index in [1.807, 2.05) is 0 Å². The Bertz CT molecular complexity index is 1290. The van der Waals surface area contributed by atoms with Crippen molar-refractivity contribution in [3.63, 3.8) is 0 Å². The Morgan fingerprint density at radius 2 is 2.03 bits per heavy atom. The zero-order valence-corrected chi connectivity index (χ0v) is 17.6. The van der Waals surface area contributed by atoms with E-state index in [0.717, 1.165) is 0 Å². The van der Waals surface area contributed by atoms with E-state index >= 15 is 0 Å². The highest BCUT2D eigenvalue weighted by atomic mass is 35.5. The molecule has 30 heavy (non-hydrogen) atoms. The third-order valence-corrected chi connectivity index (χ3v) is 5.14. The van der Waals surface area contributed by atoms with Crippen LogP contribution in [0.4, 0.5) is 10.8 Å². The lowest BCUT2D eigenvalue weighted by Gasteiger charge is -2.08. The Morgan fingerprint density at radius 3 is 2.77 bits per heavy atom. The van der Waals surface area contributed by atoms with Gasteiger partial charge in [-0.2, -0.15) is 0 Å². The van der Waals surface area contributed by atoms with Crippen molar-refractivity contribution in [2.75, 3.05) is 19.5 Å². The number of halogens is 1. The molecule has 0 saturated heterocycles. The second-order valence-corrected chi connectivity index (χ2v) is 7.42. The lowest BCUT2D eigenvalue weighted by Crippen LogP contribution is -2.21. The van der Waals surface area contributed by atoms with Crippen LogP contribution in [0.5, 0.6) is 11.5 Å². The number of hydrogen-bond donors (Lipinski definition) is 1. The van der Waals surface area contributed by atoms with Crippen molar-refractivity contribution in [2.24, 2.45) is 4.99 Å². The Labute approximate surface area is 180 Å². The number of thiazole rings is 1. The number of carbonyl (C=O) groups excluding carboxylic acids is 1. The molecule has 0 aliphatic heterocycles. The molecule has 0 aliphatic carbocycles. The van der Waals surface area contributed by atoms with Crippen LogP contribution in [-0.2, 0) is 0 Å². The first-order chi connectivity index (χ1) is 14.6. The van der Waals surface area contributed by atoms with Crippen molar-refractivity contribution in [3.05, 3.63) is 70.2 Å². The number of rotatable bonds is 5. The average molecular weight is 442 g/mol. The van der Waals surface area contributed by atoms with Crippen molar-refractivity contribution in [3.8, 4) is 11.5 Å². The van der Waals surface area contributed by atoms with Gasteiger partial charge in [0.25, 0.3) is 5.91 Å². The van der Waals surface area contributed by atoms with Crippen LogP contribution in [0.3, 0.4) is 0 Å². The highest BCUT2D eigenvalue weighted by molar-refractivity contribution is 7.13. The fourth-order valence-corrected chi connectivity index (χ4v) is 3.49. The molecule has 2 heterocycles. The molecule has 1 N–H and O–H groups in total. The number of amides is 1. The minimum Gasteiger partial charge on any atom is -0.497 e.